The maximum atomic E-state index is 14.6. The molecule has 1 aliphatic heterocycles. The van der Waals surface area contributed by atoms with Gasteiger partial charge in [0, 0.05) is 37.8 Å². The van der Waals surface area contributed by atoms with Crippen LogP contribution in [0.3, 0.4) is 0 Å². The number of carbonyl (C=O) groups excluding carboxylic acids is 2. The van der Waals surface area contributed by atoms with Gasteiger partial charge in [0.15, 0.2) is 0 Å². The molecule has 1 fully saturated rings. The van der Waals surface area contributed by atoms with E-state index in [1.54, 1.807) is 11.8 Å². The highest BCUT2D eigenvalue weighted by Crippen LogP contribution is 2.29. The summed E-state index contributed by atoms with van der Waals surface area (Å²) in [4.78, 5) is 31.2. The van der Waals surface area contributed by atoms with Crippen LogP contribution in [0.5, 0.6) is 5.75 Å². The summed E-state index contributed by atoms with van der Waals surface area (Å²) in [7, 11) is 1.37. The van der Waals surface area contributed by atoms with Crippen LogP contribution >= 0.6 is 0 Å². The molecule has 4 rings (SSSR count). The fourth-order valence-corrected chi connectivity index (χ4v) is 5.34. The van der Waals surface area contributed by atoms with E-state index >= 15 is 0 Å². The topological polar surface area (TPSA) is 101 Å². The highest BCUT2D eigenvalue weighted by molar-refractivity contribution is 6.05. The van der Waals surface area contributed by atoms with Crippen molar-refractivity contribution in [2.75, 3.05) is 45.2 Å². The van der Waals surface area contributed by atoms with E-state index < -0.39 is 36.8 Å². The monoisotopic (exact) mass is 652 g/mol. The molecule has 0 radical (unpaired) electrons. The van der Waals surface area contributed by atoms with Crippen molar-refractivity contribution in [3.8, 4) is 17.6 Å². The van der Waals surface area contributed by atoms with Crippen LogP contribution < -0.4 is 20.7 Å². The van der Waals surface area contributed by atoms with Crippen molar-refractivity contribution in [1.82, 2.24) is 25.1 Å². The van der Waals surface area contributed by atoms with Gasteiger partial charge in [-0.1, -0.05) is 18.8 Å². The van der Waals surface area contributed by atoms with Crippen molar-refractivity contribution in [2.24, 2.45) is 5.92 Å². The van der Waals surface area contributed by atoms with E-state index in [1.165, 1.54) is 25.2 Å². The number of hydrogen-bond acceptors (Lipinski definition) is 6. The average Bonchev–Trinajstić information content (AvgIpc) is 3.37. The van der Waals surface area contributed by atoms with Gasteiger partial charge in [-0.2, -0.15) is 13.2 Å². The number of carbonyl (C=O) groups is 2. The Kier molecular flexibility index (Phi) is 11.0. The molecule has 3 N–H and O–H groups in total. The molecule has 0 bridgehead atoms. The second kappa shape index (κ2) is 14.8. The highest BCUT2D eigenvalue weighted by Gasteiger charge is 2.31. The van der Waals surface area contributed by atoms with E-state index in [0.29, 0.717) is 19.5 Å². The fraction of sp³-hybridized carbons (Fsp3) is 0.452. The number of aromatic nitrogens is 2. The lowest BCUT2D eigenvalue weighted by Crippen LogP contribution is -2.50. The van der Waals surface area contributed by atoms with Gasteiger partial charge >= 0.3 is 6.18 Å². The fourth-order valence-electron chi connectivity index (χ4n) is 5.34. The summed E-state index contributed by atoms with van der Waals surface area (Å²) in [5.74, 6) is 3.73. The number of imidazole rings is 1. The largest absolute Gasteiger partial charge is 0.492 e. The summed E-state index contributed by atoms with van der Waals surface area (Å²) >= 11 is 0. The quantitative estimate of drug-likeness (QED) is 0.218. The number of halogens is 6. The normalized spacial score (nSPS) is 17.0. The molecule has 2 aromatic carbocycles. The van der Waals surface area contributed by atoms with Gasteiger partial charge in [-0.15, -0.1) is 0 Å². The van der Waals surface area contributed by atoms with Gasteiger partial charge < -0.3 is 25.3 Å². The highest BCUT2D eigenvalue weighted by atomic mass is 19.4. The predicted octanol–water partition coefficient (Wildman–Crippen LogP) is 4.66. The summed E-state index contributed by atoms with van der Waals surface area (Å²) < 4.78 is 86.6. The van der Waals surface area contributed by atoms with E-state index in [9.17, 15) is 35.9 Å². The average molecular weight is 653 g/mol. The molecule has 2 heterocycles. The zero-order valence-corrected chi connectivity index (χ0v) is 25.4. The van der Waals surface area contributed by atoms with Gasteiger partial charge in [0.25, 0.3) is 18.2 Å². The number of ether oxygens (including phenoxy) is 1. The summed E-state index contributed by atoms with van der Waals surface area (Å²) in [5.41, 5.74) is 0.380. The third-order valence-corrected chi connectivity index (χ3v) is 7.46. The Morgan fingerprint density at radius 1 is 1.15 bits per heavy atom. The summed E-state index contributed by atoms with van der Waals surface area (Å²) in [6, 6.07) is 4.84. The Balaban J connectivity index is 1.59. The Hall–Kier alpha value is -4.45. The second-order valence-electron chi connectivity index (χ2n) is 10.9. The van der Waals surface area contributed by atoms with E-state index in [1.807, 2.05) is 6.92 Å². The molecule has 0 saturated carbocycles. The van der Waals surface area contributed by atoms with Crippen molar-refractivity contribution in [2.45, 2.75) is 45.5 Å². The molecule has 1 aliphatic rings. The lowest BCUT2D eigenvalue weighted by atomic mass is 9.93. The first-order valence-corrected chi connectivity index (χ1v) is 14.6. The van der Waals surface area contributed by atoms with Gasteiger partial charge in [-0.05, 0) is 37.5 Å². The number of nitrogens with zero attached hydrogens (tertiary/aromatic N) is 3. The number of likely N-dealkylation sites (tertiary alicyclic amines) is 1. The van der Waals surface area contributed by atoms with Crippen LogP contribution in [0.25, 0.3) is 11.0 Å². The predicted molar refractivity (Wildman–Crippen MR) is 160 cm³/mol. The molecule has 1 saturated heterocycles. The van der Waals surface area contributed by atoms with Crippen LogP contribution in [0, 0.1) is 23.6 Å². The van der Waals surface area contributed by atoms with E-state index in [-0.39, 0.29) is 70.8 Å². The molecule has 2 atom stereocenters. The maximum absolute atomic E-state index is 14.6. The molecule has 15 heteroatoms. The van der Waals surface area contributed by atoms with Crippen LogP contribution in [0.2, 0.25) is 0 Å². The Labute approximate surface area is 261 Å². The molecule has 0 spiro atoms. The summed E-state index contributed by atoms with van der Waals surface area (Å²) in [6.45, 7) is 2.76. The molecule has 0 unspecified atom stereocenters. The van der Waals surface area contributed by atoms with Gasteiger partial charge in [-0.25, -0.2) is 18.2 Å². The first kappa shape index (κ1) is 34.4. The molecule has 2 amide bonds. The van der Waals surface area contributed by atoms with E-state index in [2.05, 4.69) is 32.8 Å². The number of nitrogens with one attached hydrogen (secondary N) is 3. The standard InChI is InChI=1S/C31H34F6N6O3/c1-4-46-26-12-20(29(44)38-3)22(32)13-24(26)39-8-5-6-19-10-21(28-25(11-19)43(17-40-28)16-31(35,36)37)30(45)41-23-7-9-42(14-18(23)2)15-27(33)34/h10-13,17-18,23,27,39H,4,7-9,14-16H2,1-3H3,(H,38,44)(H,41,45)/t18-,23-/m0/s1. The molecule has 248 valence electrons. The number of fused-ring (bicyclic) bond motifs is 1. The Morgan fingerprint density at radius 3 is 2.57 bits per heavy atom. The molecule has 46 heavy (non-hydrogen) atoms. The number of piperidine rings is 1. The number of anilines is 1. The van der Waals surface area contributed by atoms with Crippen molar-refractivity contribution in [3.63, 3.8) is 0 Å². The van der Waals surface area contributed by atoms with Gasteiger partial charge in [0.05, 0.1) is 48.4 Å². The summed E-state index contributed by atoms with van der Waals surface area (Å²) in [5, 5.41) is 8.17. The minimum Gasteiger partial charge on any atom is -0.492 e. The van der Waals surface area contributed by atoms with Gasteiger partial charge in [-0.3, -0.25) is 14.5 Å². The number of rotatable bonds is 10. The van der Waals surface area contributed by atoms with Crippen LogP contribution in [-0.2, 0) is 6.54 Å². The second-order valence-corrected chi connectivity index (χ2v) is 10.9. The summed E-state index contributed by atoms with van der Waals surface area (Å²) in [6.07, 6.45) is -5.60. The molecule has 9 nitrogen and oxygen atoms in total. The van der Waals surface area contributed by atoms with Crippen molar-refractivity contribution in [1.29, 1.82) is 0 Å². The number of alkyl halides is 5. The maximum Gasteiger partial charge on any atom is 0.406 e. The van der Waals surface area contributed by atoms with E-state index in [0.717, 1.165) is 17.0 Å². The Morgan fingerprint density at radius 2 is 1.91 bits per heavy atom. The first-order valence-electron chi connectivity index (χ1n) is 14.6. The third-order valence-electron chi connectivity index (χ3n) is 7.46. The van der Waals surface area contributed by atoms with Crippen molar-refractivity contribution >= 4 is 28.5 Å². The third kappa shape index (κ3) is 8.63. The molecular formula is C31H34F6N6O3. The zero-order valence-electron chi connectivity index (χ0n) is 25.4. The van der Waals surface area contributed by atoms with Gasteiger partial charge in [0.1, 0.15) is 23.6 Å². The van der Waals surface area contributed by atoms with Crippen LogP contribution in [0.15, 0.2) is 30.6 Å². The lowest BCUT2D eigenvalue weighted by Gasteiger charge is -2.37. The smallest absolute Gasteiger partial charge is 0.406 e. The minimum absolute atomic E-state index is 0.0170. The van der Waals surface area contributed by atoms with Crippen molar-refractivity contribution < 1.29 is 40.7 Å². The van der Waals surface area contributed by atoms with E-state index in [4.69, 9.17) is 4.74 Å². The molecule has 0 aliphatic carbocycles. The zero-order chi connectivity index (χ0) is 33.6. The molecule has 3 aromatic rings. The first-order chi connectivity index (χ1) is 21.8. The Bertz CT molecular complexity index is 1630. The molecular weight excluding hydrogens is 618 g/mol. The van der Waals surface area contributed by atoms with Crippen LogP contribution in [0.4, 0.5) is 32.0 Å². The van der Waals surface area contributed by atoms with Crippen molar-refractivity contribution in [3.05, 3.63) is 53.1 Å². The number of benzene rings is 2. The lowest BCUT2D eigenvalue weighted by molar-refractivity contribution is -0.140. The number of hydrogen-bond donors (Lipinski definition) is 3. The van der Waals surface area contributed by atoms with Crippen LogP contribution in [0.1, 0.15) is 46.5 Å². The number of amides is 2. The van der Waals surface area contributed by atoms with Gasteiger partial charge in [0.2, 0.25) is 0 Å². The molecule has 1 aromatic heterocycles. The SMILES string of the molecule is CCOc1cc(C(=O)NC)c(F)cc1NCC#Cc1cc(C(=O)N[C@H]2CCN(CC(F)F)C[C@@H]2C)c2ncn(CC(F)(F)F)c2c1. The minimum atomic E-state index is -4.55. The van der Waals surface area contributed by atoms with Crippen LogP contribution in [-0.4, -0.2) is 84.7 Å².